The van der Waals surface area contributed by atoms with Gasteiger partial charge in [0.05, 0.1) is 13.2 Å². The maximum Gasteiger partial charge on any atom is 0.319 e. The minimum Gasteiger partial charge on any atom is -0.394 e. The van der Waals surface area contributed by atoms with Crippen LogP contribution in [0.1, 0.15) is 0 Å². The smallest absolute Gasteiger partial charge is 0.319 e. The molecule has 130 valence electrons. The van der Waals surface area contributed by atoms with E-state index < -0.39 is 43.3 Å². The molecule has 22 heavy (non-hydrogen) atoms. The van der Waals surface area contributed by atoms with Crippen LogP contribution in [0.15, 0.2) is 0 Å². The van der Waals surface area contributed by atoms with Crippen LogP contribution in [0, 0.1) is 0 Å². The molecule has 1 aliphatic rings. The van der Waals surface area contributed by atoms with Crippen LogP contribution < -0.4 is 5.32 Å². The molecule has 10 heteroatoms. The molecule has 0 aromatic heterocycles. The maximum atomic E-state index is 12.1. The van der Waals surface area contributed by atoms with Gasteiger partial charge in [-0.2, -0.15) is 0 Å². The maximum absolute atomic E-state index is 12.1. The molecule has 1 fully saturated rings. The number of hydrogen-bond acceptors (Lipinski definition) is 7. The molecule has 0 spiro atoms. The second kappa shape index (κ2) is 9.46. The third kappa shape index (κ3) is 4.66. The lowest BCUT2D eigenvalue weighted by Gasteiger charge is -2.44. The zero-order valence-corrected chi connectivity index (χ0v) is 13.0. The van der Waals surface area contributed by atoms with Crippen molar-refractivity contribution >= 4 is 17.6 Å². The van der Waals surface area contributed by atoms with Gasteiger partial charge in [-0.25, -0.2) is 4.79 Å². The van der Waals surface area contributed by atoms with Crippen molar-refractivity contribution in [2.45, 2.75) is 30.6 Å². The number of nitrogens with one attached hydrogen (secondary N) is 1. The van der Waals surface area contributed by atoms with Crippen molar-refractivity contribution in [2.75, 3.05) is 39.3 Å². The minimum absolute atomic E-state index is 0.0767. The zero-order chi connectivity index (χ0) is 16.7. The van der Waals surface area contributed by atoms with Gasteiger partial charge in [0, 0.05) is 26.1 Å². The molecule has 0 bridgehead atoms. The fourth-order valence-corrected chi connectivity index (χ4v) is 2.22. The molecule has 0 aromatic rings. The van der Waals surface area contributed by atoms with Gasteiger partial charge in [-0.3, -0.25) is 4.90 Å². The van der Waals surface area contributed by atoms with E-state index in [2.05, 4.69) is 5.32 Å². The number of carbonyl (C=O) groups is 1. The SMILES string of the molecule is COCCN(C(=O)NCCCl)[C@@H]1O[C@H](CO)[C@H](O)[C@H](O)[C@H]1O. The Hall–Kier alpha value is -0.680. The molecule has 9 nitrogen and oxygen atoms in total. The lowest BCUT2D eigenvalue weighted by molar-refractivity contribution is -0.257. The molecule has 0 radical (unpaired) electrons. The molecule has 0 aromatic carbocycles. The van der Waals surface area contributed by atoms with Crippen molar-refractivity contribution in [1.29, 1.82) is 0 Å². The number of carbonyl (C=O) groups excluding carboxylic acids is 1. The molecule has 1 aliphatic heterocycles. The molecule has 1 rings (SSSR count). The second-order valence-electron chi connectivity index (χ2n) is 4.83. The van der Waals surface area contributed by atoms with E-state index in [0.29, 0.717) is 0 Å². The Labute approximate surface area is 133 Å². The summed E-state index contributed by atoms with van der Waals surface area (Å²) in [4.78, 5) is 13.3. The standard InChI is InChI=1S/C12H23ClN2O7/c1-21-5-4-15(12(20)14-3-2-13)11-10(19)9(18)8(17)7(6-16)22-11/h7-11,16-19H,2-6H2,1H3,(H,14,20)/t7-,8+,9+,10-,11-/m1/s1. The van der Waals surface area contributed by atoms with Gasteiger partial charge in [-0.05, 0) is 0 Å². The van der Waals surface area contributed by atoms with Crippen molar-refractivity contribution in [2.24, 2.45) is 0 Å². The van der Waals surface area contributed by atoms with Crippen molar-refractivity contribution in [1.82, 2.24) is 10.2 Å². The van der Waals surface area contributed by atoms with E-state index >= 15 is 0 Å². The first kappa shape index (κ1) is 19.4. The average molecular weight is 343 g/mol. The van der Waals surface area contributed by atoms with Gasteiger partial charge in [0.25, 0.3) is 0 Å². The lowest BCUT2D eigenvalue weighted by Crippen LogP contribution is -2.65. The lowest BCUT2D eigenvalue weighted by atomic mass is 9.98. The molecule has 1 saturated heterocycles. The molecule has 0 aliphatic carbocycles. The number of nitrogens with zero attached hydrogens (tertiary/aromatic N) is 1. The largest absolute Gasteiger partial charge is 0.394 e. The van der Waals surface area contributed by atoms with E-state index in [0.717, 1.165) is 4.90 Å². The summed E-state index contributed by atoms with van der Waals surface area (Å²) in [6.45, 7) is -0.110. The normalized spacial score (nSPS) is 31.8. The fourth-order valence-electron chi connectivity index (χ4n) is 2.13. The molecule has 0 saturated carbocycles. The summed E-state index contributed by atoms with van der Waals surface area (Å²) in [6.07, 6.45) is -6.89. The fraction of sp³-hybridized carbons (Fsp3) is 0.917. The highest BCUT2D eigenvalue weighted by Gasteiger charge is 2.46. The van der Waals surface area contributed by atoms with E-state index in [1.165, 1.54) is 7.11 Å². The second-order valence-corrected chi connectivity index (χ2v) is 5.20. The summed E-state index contributed by atoms with van der Waals surface area (Å²) in [5, 5.41) is 41.3. The first-order valence-electron chi connectivity index (χ1n) is 6.87. The Morgan fingerprint density at radius 1 is 1.32 bits per heavy atom. The molecule has 1 heterocycles. The van der Waals surface area contributed by atoms with E-state index in [-0.39, 0.29) is 25.6 Å². The van der Waals surface area contributed by atoms with Gasteiger partial charge in [0.2, 0.25) is 0 Å². The van der Waals surface area contributed by atoms with Crippen molar-refractivity contribution in [3.63, 3.8) is 0 Å². The van der Waals surface area contributed by atoms with Crippen LogP contribution in [0.3, 0.4) is 0 Å². The Kier molecular flexibility index (Phi) is 8.33. The summed E-state index contributed by atoms with van der Waals surface area (Å²) < 4.78 is 10.3. The molecular weight excluding hydrogens is 320 g/mol. The molecule has 5 atom stereocenters. The van der Waals surface area contributed by atoms with Crippen LogP contribution in [-0.2, 0) is 9.47 Å². The number of urea groups is 1. The predicted molar refractivity (Wildman–Crippen MR) is 76.5 cm³/mol. The number of methoxy groups -OCH3 is 1. The van der Waals surface area contributed by atoms with E-state index in [9.17, 15) is 25.2 Å². The topological polar surface area (TPSA) is 132 Å². The number of rotatable bonds is 7. The zero-order valence-electron chi connectivity index (χ0n) is 12.3. The number of hydrogen-bond donors (Lipinski definition) is 5. The highest BCUT2D eigenvalue weighted by Crippen LogP contribution is 2.23. The Morgan fingerprint density at radius 3 is 2.55 bits per heavy atom. The summed E-state index contributed by atoms with van der Waals surface area (Å²) in [5.41, 5.74) is 0. The predicted octanol–water partition coefficient (Wildman–Crippen LogP) is -2.32. The number of amides is 2. The number of ether oxygens (including phenoxy) is 2. The van der Waals surface area contributed by atoms with Crippen molar-refractivity contribution in [3.05, 3.63) is 0 Å². The van der Waals surface area contributed by atoms with Crippen LogP contribution in [0.5, 0.6) is 0 Å². The van der Waals surface area contributed by atoms with Gasteiger partial charge in [0.15, 0.2) is 6.23 Å². The van der Waals surface area contributed by atoms with E-state index in [1.807, 2.05) is 0 Å². The average Bonchev–Trinajstić information content (AvgIpc) is 2.52. The summed E-state index contributed by atoms with van der Waals surface area (Å²) in [7, 11) is 1.45. The minimum atomic E-state index is -1.55. The number of halogens is 1. The quantitative estimate of drug-likeness (QED) is 0.328. The number of alkyl halides is 1. The van der Waals surface area contributed by atoms with Crippen molar-refractivity contribution in [3.8, 4) is 0 Å². The summed E-state index contributed by atoms with van der Waals surface area (Å²) in [6, 6.07) is -0.568. The molecular formula is C12H23ClN2O7. The van der Waals surface area contributed by atoms with Crippen LogP contribution in [0.25, 0.3) is 0 Å². The van der Waals surface area contributed by atoms with Gasteiger partial charge >= 0.3 is 6.03 Å². The first-order valence-corrected chi connectivity index (χ1v) is 7.41. The Morgan fingerprint density at radius 2 is 2.00 bits per heavy atom. The monoisotopic (exact) mass is 342 g/mol. The molecule has 0 unspecified atom stereocenters. The third-order valence-corrected chi connectivity index (χ3v) is 3.53. The van der Waals surface area contributed by atoms with Gasteiger partial charge < -0.3 is 35.2 Å². The highest BCUT2D eigenvalue weighted by molar-refractivity contribution is 6.18. The third-order valence-electron chi connectivity index (χ3n) is 3.34. The summed E-state index contributed by atoms with van der Waals surface area (Å²) in [5.74, 6) is 0.207. The van der Waals surface area contributed by atoms with Crippen LogP contribution in [0.4, 0.5) is 4.79 Å². The first-order chi connectivity index (χ1) is 10.5. The van der Waals surface area contributed by atoms with Crippen LogP contribution in [-0.4, -0.2) is 101 Å². The summed E-state index contributed by atoms with van der Waals surface area (Å²) >= 11 is 5.51. The van der Waals surface area contributed by atoms with Crippen LogP contribution >= 0.6 is 11.6 Å². The number of aliphatic hydroxyl groups excluding tert-OH is 4. The van der Waals surface area contributed by atoms with Crippen LogP contribution in [0.2, 0.25) is 0 Å². The highest BCUT2D eigenvalue weighted by atomic mass is 35.5. The van der Waals surface area contributed by atoms with Gasteiger partial charge in [-0.15, -0.1) is 11.6 Å². The van der Waals surface area contributed by atoms with Gasteiger partial charge in [0.1, 0.15) is 24.4 Å². The van der Waals surface area contributed by atoms with Crippen molar-refractivity contribution < 1.29 is 34.7 Å². The molecule has 5 N–H and O–H groups in total. The molecule has 2 amide bonds. The Balaban J connectivity index is 2.88. The van der Waals surface area contributed by atoms with E-state index in [4.69, 9.17) is 21.1 Å². The van der Waals surface area contributed by atoms with Gasteiger partial charge in [-0.1, -0.05) is 0 Å². The number of aliphatic hydroxyl groups is 4. The Bertz CT molecular complexity index is 347. The van der Waals surface area contributed by atoms with E-state index in [1.54, 1.807) is 0 Å².